The second-order valence-corrected chi connectivity index (χ2v) is 7.23. The normalized spacial score (nSPS) is 15.2. The lowest BCUT2D eigenvalue weighted by atomic mass is 9.96. The van der Waals surface area contributed by atoms with Gasteiger partial charge in [0, 0.05) is 32.7 Å². The first-order chi connectivity index (χ1) is 14.5. The SMILES string of the molecule is CCNC(=O)NC(=O)CN1CCN(C(c2ccc(F)cc2)c2ccc(F)cc2)CC1. The molecule has 2 aromatic carbocycles. The maximum atomic E-state index is 13.4. The van der Waals surface area contributed by atoms with E-state index in [1.54, 1.807) is 31.2 Å². The van der Waals surface area contributed by atoms with E-state index in [1.807, 2.05) is 4.90 Å². The molecule has 3 rings (SSSR count). The highest BCUT2D eigenvalue weighted by atomic mass is 19.1. The Morgan fingerprint density at radius 3 is 1.87 bits per heavy atom. The van der Waals surface area contributed by atoms with Gasteiger partial charge in [-0.2, -0.15) is 0 Å². The van der Waals surface area contributed by atoms with Crippen molar-refractivity contribution in [2.75, 3.05) is 39.3 Å². The molecule has 160 valence electrons. The third-order valence-electron chi connectivity index (χ3n) is 5.10. The smallest absolute Gasteiger partial charge is 0.321 e. The van der Waals surface area contributed by atoms with Crippen molar-refractivity contribution in [2.24, 2.45) is 0 Å². The van der Waals surface area contributed by atoms with E-state index in [0.717, 1.165) is 11.1 Å². The Balaban J connectivity index is 1.66. The zero-order chi connectivity index (χ0) is 21.5. The van der Waals surface area contributed by atoms with E-state index in [0.29, 0.717) is 32.7 Å². The summed E-state index contributed by atoms with van der Waals surface area (Å²) in [6, 6.07) is 12.0. The molecule has 0 aliphatic carbocycles. The number of carbonyl (C=O) groups is 2. The highest BCUT2D eigenvalue weighted by Crippen LogP contribution is 2.30. The van der Waals surface area contributed by atoms with Gasteiger partial charge in [-0.05, 0) is 42.3 Å². The Bertz CT molecular complexity index is 805. The molecule has 3 amide bonds. The van der Waals surface area contributed by atoms with Gasteiger partial charge in [-0.3, -0.25) is 19.9 Å². The number of hydrogen-bond acceptors (Lipinski definition) is 4. The van der Waals surface area contributed by atoms with Crippen LogP contribution in [0.1, 0.15) is 24.1 Å². The minimum atomic E-state index is -0.492. The number of nitrogens with zero attached hydrogens (tertiary/aromatic N) is 2. The van der Waals surface area contributed by atoms with E-state index >= 15 is 0 Å². The molecule has 0 aromatic heterocycles. The lowest BCUT2D eigenvalue weighted by Crippen LogP contribution is -2.51. The van der Waals surface area contributed by atoms with Crippen molar-refractivity contribution in [2.45, 2.75) is 13.0 Å². The summed E-state index contributed by atoms with van der Waals surface area (Å²) in [5.41, 5.74) is 1.84. The van der Waals surface area contributed by atoms with Gasteiger partial charge in [0.1, 0.15) is 11.6 Å². The molecular formula is C22H26F2N4O2. The van der Waals surface area contributed by atoms with Gasteiger partial charge < -0.3 is 5.32 Å². The zero-order valence-electron chi connectivity index (χ0n) is 16.9. The lowest BCUT2D eigenvalue weighted by Gasteiger charge is -2.39. The molecule has 2 N–H and O–H groups in total. The maximum absolute atomic E-state index is 13.4. The fraction of sp³-hybridized carbons (Fsp3) is 0.364. The van der Waals surface area contributed by atoms with Crippen molar-refractivity contribution in [3.8, 4) is 0 Å². The number of halogens is 2. The first kappa shape index (κ1) is 21.9. The minimum absolute atomic E-state index is 0.141. The van der Waals surface area contributed by atoms with Crippen LogP contribution < -0.4 is 10.6 Å². The minimum Gasteiger partial charge on any atom is -0.338 e. The number of hydrogen-bond donors (Lipinski definition) is 2. The molecule has 6 nitrogen and oxygen atoms in total. The lowest BCUT2D eigenvalue weighted by molar-refractivity contribution is -0.121. The van der Waals surface area contributed by atoms with Crippen molar-refractivity contribution in [1.29, 1.82) is 0 Å². The van der Waals surface area contributed by atoms with Crippen molar-refractivity contribution in [3.63, 3.8) is 0 Å². The third-order valence-corrected chi connectivity index (χ3v) is 5.10. The molecule has 0 unspecified atom stereocenters. The molecule has 1 aliphatic rings. The number of piperazine rings is 1. The van der Waals surface area contributed by atoms with Crippen LogP contribution in [0.25, 0.3) is 0 Å². The van der Waals surface area contributed by atoms with Gasteiger partial charge >= 0.3 is 6.03 Å². The molecule has 1 fully saturated rings. The summed E-state index contributed by atoms with van der Waals surface area (Å²) in [6.45, 7) is 5.00. The molecule has 30 heavy (non-hydrogen) atoms. The molecule has 1 saturated heterocycles. The fourth-order valence-electron chi connectivity index (χ4n) is 3.66. The van der Waals surface area contributed by atoms with E-state index in [-0.39, 0.29) is 30.1 Å². The molecule has 1 heterocycles. The van der Waals surface area contributed by atoms with E-state index in [1.165, 1.54) is 24.3 Å². The van der Waals surface area contributed by atoms with Gasteiger partial charge in [0.15, 0.2) is 0 Å². The molecule has 0 saturated carbocycles. The fourth-order valence-corrected chi connectivity index (χ4v) is 3.66. The van der Waals surface area contributed by atoms with Crippen molar-refractivity contribution >= 4 is 11.9 Å². The molecule has 2 aromatic rings. The summed E-state index contributed by atoms with van der Waals surface area (Å²) in [4.78, 5) is 27.7. The number of urea groups is 1. The summed E-state index contributed by atoms with van der Waals surface area (Å²) >= 11 is 0. The van der Waals surface area contributed by atoms with Gasteiger partial charge in [-0.25, -0.2) is 13.6 Å². The van der Waals surface area contributed by atoms with E-state index < -0.39 is 6.03 Å². The molecule has 0 radical (unpaired) electrons. The average molecular weight is 416 g/mol. The van der Waals surface area contributed by atoms with Crippen LogP contribution in [-0.4, -0.2) is 61.0 Å². The Labute approximate surface area is 174 Å². The number of amides is 3. The summed E-state index contributed by atoms with van der Waals surface area (Å²) in [6.07, 6.45) is 0. The summed E-state index contributed by atoms with van der Waals surface area (Å²) in [7, 11) is 0. The Morgan fingerprint density at radius 1 is 0.900 bits per heavy atom. The molecule has 0 bridgehead atoms. The van der Waals surface area contributed by atoms with Gasteiger partial charge in [-0.15, -0.1) is 0 Å². The summed E-state index contributed by atoms with van der Waals surface area (Å²) in [5.74, 6) is -0.956. The van der Waals surface area contributed by atoms with Crippen LogP contribution in [0, 0.1) is 11.6 Å². The van der Waals surface area contributed by atoms with Crippen LogP contribution in [0.15, 0.2) is 48.5 Å². The van der Waals surface area contributed by atoms with Gasteiger partial charge in [0.2, 0.25) is 5.91 Å². The number of nitrogens with one attached hydrogen (secondary N) is 2. The van der Waals surface area contributed by atoms with Crippen LogP contribution in [0.3, 0.4) is 0 Å². The molecule has 0 spiro atoms. The summed E-state index contributed by atoms with van der Waals surface area (Å²) < 4.78 is 26.8. The number of rotatable bonds is 6. The van der Waals surface area contributed by atoms with Crippen molar-refractivity contribution < 1.29 is 18.4 Å². The number of benzene rings is 2. The van der Waals surface area contributed by atoms with Crippen molar-refractivity contribution in [1.82, 2.24) is 20.4 Å². The van der Waals surface area contributed by atoms with Gasteiger partial charge in [0.25, 0.3) is 0 Å². The molecule has 8 heteroatoms. The third kappa shape index (κ3) is 5.84. The molecule has 0 atom stereocenters. The van der Waals surface area contributed by atoms with Crippen molar-refractivity contribution in [3.05, 3.63) is 71.3 Å². The first-order valence-corrected chi connectivity index (χ1v) is 10.0. The van der Waals surface area contributed by atoms with E-state index in [2.05, 4.69) is 15.5 Å². The number of carbonyl (C=O) groups excluding carboxylic acids is 2. The first-order valence-electron chi connectivity index (χ1n) is 10.0. The predicted octanol–water partition coefficient (Wildman–Crippen LogP) is 2.52. The van der Waals surface area contributed by atoms with Gasteiger partial charge in [0.05, 0.1) is 12.6 Å². The zero-order valence-corrected chi connectivity index (χ0v) is 16.9. The highest BCUT2D eigenvalue weighted by Gasteiger charge is 2.27. The Morgan fingerprint density at radius 2 is 1.40 bits per heavy atom. The topological polar surface area (TPSA) is 64.7 Å². The Hall–Kier alpha value is -2.84. The Kier molecular flexibility index (Phi) is 7.48. The van der Waals surface area contributed by atoms with Gasteiger partial charge in [-0.1, -0.05) is 24.3 Å². The van der Waals surface area contributed by atoms with Crippen LogP contribution in [-0.2, 0) is 4.79 Å². The van der Waals surface area contributed by atoms with E-state index in [4.69, 9.17) is 0 Å². The maximum Gasteiger partial charge on any atom is 0.321 e. The second-order valence-electron chi connectivity index (χ2n) is 7.23. The monoisotopic (exact) mass is 416 g/mol. The molecule has 1 aliphatic heterocycles. The highest BCUT2D eigenvalue weighted by molar-refractivity contribution is 5.95. The largest absolute Gasteiger partial charge is 0.338 e. The van der Waals surface area contributed by atoms with E-state index in [9.17, 15) is 18.4 Å². The van der Waals surface area contributed by atoms with Crippen LogP contribution in [0.2, 0.25) is 0 Å². The standard InChI is InChI=1S/C22H26F2N4O2/c1-2-25-22(30)26-20(29)15-27-11-13-28(14-12-27)21(16-3-7-18(23)8-4-16)17-5-9-19(24)10-6-17/h3-10,21H,2,11-15H2,1H3,(H2,25,26,29,30). The quantitative estimate of drug-likeness (QED) is 0.760. The summed E-state index contributed by atoms with van der Waals surface area (Å²) in [5, 5.41) is 4.84. The van der Waals surface area contributed by atoms with Crippen LogP contribution >= 0.6 is 0 Å². The number of imide groups is 1. The van der Waals surface area contributed by atoms with Crippen LogP contribution in [0.5, 0.6) is 0 Å². The predicted molar refractivity (Wildman–Crippen MR) is 110 cm³/mol. The average Bonchev–Trinajstić information content (AvgIpc) is 2.72. The molecular weight excluding hydrogens is 390 g/mol. The second kappa shape index (κ2) is 10.3. The van der Waals surface area contributed by atoms with Crippen LogP contribution in [0.4, 0.5) is 13.6 Å².